The average Bonchev–Trinajstić information content (AvgIpc) is 2.53. The normalized spacial score (nSPS) is 15.7. The van der Waals surface area contributed by atoms with E-state index in [4.69, 9.17) is 0 Å². The molecule has 0 bridgehead atoms. The summed E-state index contributed by atoms with van der Waals surface area (Å²) in [7, 11) is 0. The van der Waals surface area contributed by atoms with Gasteiger partial charge in [-0.05, 0) is 18.1 Å². The number of rotatable bonds is 5. The van der Waals surface area contributed by atoms with Gasteiger partial charge in [-0.2, -0.15) is 0 Å². The zero-order valence-electron chi connectivity index (χ0n) is 11.9. The number of nitro groups is 1. The molecule has 112 valence electrons. The number of carbonyl (C=O) groups is 1. The first-order valence-electron chi connectivity index (χ1n) is 6.97. The van der Waals surface area contributed by atoms with E-state index < -0.39 is 0 Å². The molecule has 0 aromatic heterocycles. The maximum atomic E-state index is 11.5. The third-order valence-corrected chi connectivity index (χ3v) is 3.70. The second kappa shape index (κ2) is 6.99. The summed E-state index contributed by atoms with van der Waals surface area (Å²) in [6.07, 6.45) is 2.12. The minimum Gasteiger partial charge on any atom is -0.337 e. The van der Waals surface area contributed by atoms with Crippen molar-refractivity contribution in [3.05, 3.63) is 52.6 Å². The molecule has 0 aliphatic carbocycles. The van der Waals surface area contributed by atoms with Gasteiger partial charge in [-0.25, -0.2) is 0 Å². The van der Waals surface area contributed by atoms with Gasteiger partial charge < -0.3 is 4.90 Å². The number of nitrogens with zero attached hydrogens (tertiary/aromatic N) is 3. The molecule has 1 heterocycles. The molecule has 0 atom stereocenters. The molecule has 0 saturated carbocycles. The Morgan fingerprint density at radius 1 is 1.33 bits per heavy atom. The van der Waals surface area contributed by atoms with E-state index in [0.717, 1.165) is 31.6 Å². The molecule has 0 radical (unpaired) electrons. The molecule has 0 unspecified atom stereocenters. The van der Waals surface area contributed by atoms with Crippen molar-refractivity contribution in [3.63, 3.8) is 0 Å². The fourth-order valence-corrected chi connectivity index (χ4v) is 2.43. The largest absolute Gasteiger partial charge is 0.337 e. The van der Waals surface area contributed by atoms with Crippen LogP contribution in [0, 0.1) is 10.1 Å². The molecule has 21 heavy (non-hydrogen) atoms. The summed E-state index contributed by atoms with van der Waals surface area (Å²) in [5.74, 6) is -0.0201. The number of amides is 1. The first-order valence-corrected chi connectivity index (χ1v) is 6.97. The van der Waals surface area contributed by atoms with Crippen molar-refractivity contribution >= 4 is 11.6 Å². The summed E-state index contributed by atoms with van der Waals surface area (Å²) < 4.78 is 0. The van der Waals surface area contributed by atoms with Gasteiger partial charge >= 0.3 is 0 Å². The number of nitro benzene ring substituents is 1. The fraction of sp³-hybridized carbons (Fsp3) is 0.400. The zero-order chi connectivity index (χ0) is 15.2. The van der Waals surface area contributed by atoms with Crippen LogP contribution in [0.1, 0.15) is 5.56 Å². The highest BCUT2D eigenvalue weighted by atomic mass is 16.6. The van der Waals surface area contributed by atoms with Crippen LogP contribution in [-0.2, 0) is 11.2 Å². The van der Waals surface area contributed by atoms with Gasteiger partial charge in [-0.3, -0.25) is 19.8 Å². The van der Waals surface area contributed by atoms with Crippen molar-refractivity contribution < 1.29 is 9.72 Å². The average molecular weight is 289 g/mol. The maximum Gasteiger partial charge on any atom is 0.269 e. The van der Waals surface area contributed by atoms with E-state index in [0.29, 0.717) is 13.1 Å². The van der Waals surface area contributed by atoms with Crippen molar-refractivity contribution in [3.8, 4) is 0 Å². The van der Waals surface area contributed by atoms with Crippen LogP contribution in [0.15, 0.2) is 36.9 Å². The Hall–Kier alpha value is -2.21. The second-order valence-electron chi connectivity index (χ2n) is 5.05. The van der Waals surface area contributed by atoms with Crippen LogP contribution in [0.4, 0.5) is 5.69 Å². The molecule has 2 rings (SSSR count). The number of piperazine rings is 1. The van der Waals surface area contributed by atoms with E-state index in [1.165, 1.54) is 12.1 Å². The van der Waals surface area contributed by atoms with E-state index in [-0.39, 0.29) is 16.5 Å². The summed E-state index contributed by atoms with van der Waals surface area (Å²) in [4.78, 5) is 25.9. The minimum atomic E-state index is -0.372. The quantitative estimate of drug-likeness (QED) is 0.468. The summed E-state index contributed by atoms with van der Waals surface area (Å²) in [5, 5.41) is 10.7. The third kappa shape index (κ3) is 4.13. The monoisotopic (exact) mass is 289 g/mol. The molecule has 6 nitrogen and oxygen atoms in total. The zero-order valence-corrected chi connectivity index (χ0v) is 11.9. The van der Waals surface area contributed by atoms with Gasteiger partial charge in [0.05, 0.1) is 4.92 Å². The highest BCUT2D eigenvalue weighted by molar-refractivity contribution is 5.87. The Kier molecular flexibility index (Phi) is 5.05. The molecule has 1 aromatic rings. The minimum absolute atomic E-state index is 0.0201. The van der Waals surface area contributed by atoms with Crippen LogP contribution in [0.25, 0.3) is 0 Å². The molecule has 1 aromatic carbocycles. The van der Waals surface area contributed by atoms with E-state index in [2.05, 4.69) is 11.5 Å². The Morgan fingerprint density at radius 2 is 2.05 bits per heavy atom. The van der Waals surface area contributed by atoms with Crippen molar-refractivity contribution in [2.45, 2.75) is 6.42 Å². The Balaban J connectivity index is 1.82. The fourth-order valence-electron chi connectivity index (χ4n) is 2.43. The van der Waals surface area contributed by atoms with E-state index in [9.17, 15) is 14.9 Å². The van der Waals surface area contributed by atoms with Crippen molar-refractivity contribution in [1.82, 2.24) is 9.80 Å². The van der Waals surface area contributed by atoms with Crippen LogP contribution in [-0.4, -0.2) is 53.4 Å². The standard InChI is InChI=1S/C15H19N3O3/c1-2-15(19)17-10-8-16(9-11-17)7-6-13-4-3-5-14(12-13)18(20)21/h2-5,12H,1,6-11H2. The van der Waals surface area contributed by atoms with E-state index >= 15 is 0 Å². The number of carbonyl (C=O) groups excluding carboxylic acids is 1. The van der Waals surface area contributed by atoms with Gasteiger partial charge in [0, 0.05) is 44.9 Å². The van der Waals surface area contributed by atoms with Gasteiger partial charge in [-0.15, -0.1) is 0 Å². The second-order valence-corrected chi connectivity index (χ2v) is 5.05. The molecular formula is C15H19N3O3. The molecular weight excluding hydrogens is 270 g/mol. The lowest BCUT2D eigenvalue weighted by Gasteiger charge is -2.34. The highest BCUT2D eigenvalue weighted by Crippen LogP contribution is 2.14. The molecule has 0 N–H and O–H groups in total. The summed E-state index contributed by atoms with van der Waals surface area (Å²) in [5.41, 5.74) is 1.10. The molecule has 0 spiro atoms. The molecule has 1 fully saturated rings. The maximum absolute atomic E-state index is 11.5. The van der Waals surface area contributed by atoms with Crippen LogP contribution in [0.3, 0.4) is 0 Å². The highest BCUT2D eigenvalue weighted by Gasteiger charge is 2.19. The van der Waals surface area contributed by atoms with E-state index in [1.54, 1.807) is 17.0 Å². The van der Waals surface area contributed by atoms with Gasteiger partial charge in [0.25, 0.3) is 5.69 Å². The third-order valence-electron chi connectivity index (χ3n) is 3.70. The molecule has 1 aliphatic rings. The van der Waals surface area contributed by atoms with Crippen LogP contribution < -0.4 is 0 Å². The summed E-state index contributed by atoms with van der Waals surface area (Å²) >= 11 is 0. The van der Waals surface area contributed by atoms with Gasteiger partial charge in [-0.1, -0.05) is 18.7 Å². The first-order chi connectivity index (χ1) is 10.1. The lowest BCUT2D eigenvalue weighted by Crippen LogP contribution is -2.48. The summed E-state index contributed by atoms with van der Waals surface area (Å²) in [6, 6.07) is 6.75. The van der Waals surface area contributed by atoms with Gasteiger partial charge in [0.1, 0.15) is 0 Å². The SMILES string of the molecule is C=CC(=O)N1CCN(CCc2cccc([N+](=O)[O-])c2)CC1. The Bertz CT molecular complexity index is 537. The Labute approximate surface area is 123 Å². The number of hydrogen-bond donors (Lipinski definition) is 0. The topological polar surface area (TPSA) is 66.7 Å². The smallest absolute Gasteiger partial charge is 0.269 e. The first kappa shape index (κ1) is 15.2. The van der Waals surface area contributed by atoms with E-state index in [1.807, 2.05) is 6.07 Å². The lowest BCUT2D eigenvalue weighted by molar-refractivity contribution is -0.384. The molecule has 1 amide bonds. The van der Waals surface area contributed by atoms with Crippen molar-refractivity contribution in [1.29, 1.82) is 0 Å². The number of hydrogen-bond acceptors (Lipinski definition) is 4. The predicted molar refractivity (Wildman–Crippen MR) is 80.0 cm³/mol. The summed E-state index contributed by atoms with van der Waals surface area (Å²) in [6.45, 7) is 7.41. The van der Waals surface area contributed by atoms with Crippen LogP contribution >= 0.6 is 0 Å². The lowest BCUT2D eigenvalue weighted by atomic mass is 10.1. The Morgan fingerprint density at radius 3 is 2.67 bits per heavy atom. The predicted octanol–water partition coefficient (Wildman–Crippen LogP) is 1.47. The molecule has 1 aliphatic heterocycles. The number of benzene rings is 1. The molecule has 6 heteroatoms. The van der Waals surface area contributed by atoms with Gasteiger partial charge in [0.2, 0.25) is 5.91 Å². The van der Waals surface area contributed by atoms with Crippen LogP contribution in [0.5, 0.6) is 0 Å². The van der Waals surface area contributed by atoms with Crippen molar-refractivity contribution in [2.75, 3.05) is 32.7 Å². The van der Waals surface area contributed by atoms with Crippen molar-refractivity contribution in [2.24, 2.45) is 0 Å². The molecule has 1 saturated heterocycles. The number of non-ortho nitro benzene ring substituents is 1. The van der Waals surface area contributed by atoms with Gasteiger partial charge in [0.15, 0.2) is 0 Å². The van der Waals surface area contributed by atoms with Crippen LogP contribution in [0.2, 0.25) is 0 Å².